The molecule has 0 nitrogen and oxygen atoms in total. The van der Waals surface area contributed by atoms with Crippen molar-refractivity contribution >= 4 is 0 Å². The summed E-state index contributed by atoms with van der Waals surface area (Å²) in [5, 5.41) is 0. The average molecular weight is 93.1 g/mol. The van der Waals surface area contributed by atoms with Gasteiger partial charge in [-0.1, -0.05) is 24.8 Å². The van der Waals surface area contributed by atoms with Crippen LogP contribution in [0.1, 0.15) is 6.42 Å². The maximum absolute atomic E-state index is 3.56. The molecule has 7 heavy (non-hydrogen) atoms. The van der Waals surface area contributed by atoms with Gasteiger partial charge in [0.05, 0.1) is 0 Å². The lowest BCUT2D eigenvalue weighted by Crippen LogP contribution is -1.56. The molecule has 1 unspecified atom stereocenters. The fraction of sp³-hybridized carbons (Fsp3) is 0.286. The zero-order valence-corrected chi connectivity index (χ0v) is 4.30. The Labute approximate surface area is 44.5 Å². The summed E-state index contributed by atoms with van der Waals surface area (Å²) in [6.45, 7) is 3.56. The molecule has 0 amide bonds. The van der Waals surface area contributed by atoms with E-state index in [-0.39, 0.29) is 0 Å². The van der Waals surface area contributed by atoms with Crippen molar-refractivity contribution in [3.8, 4) is 0 Å². The second-order valence-corrected chi connectivity index (χ2v) is 1.76. The Hall–Kier alpha value is -0.520. The number of rotatable bonds is 2. The molecule has 0 spiro atoms. The normalized spacial score (nSPS) is 20.6. The monoisotopic (exact) mass is 93.1 g/mol. The van der Waals surface area contributed by atoms with E-state index >= 15 is 0 Å². The number of hydrogen-bond acceptors (Lipinski definition) is 0. The molecule has 0 heterocycles. The molecule has 1 rings (SSSR count). The van der Waals surface area contributed by atoms with Gasteiger partial charge >= 0.3 is 0 Å². The molecule has 0 aromatic rings. The number of hydrogen-bond donors (Lipinski definition) is 0. The highest BCUT2D eigenvalue weighted by Crippen LogP contribution is 2.28. The Balaban J connectivity index is 2.17. The van der Waals surface area contributed by atoms with Crippen LogP contribution >= 0.6 is 0 Å². The molecule has 1 saturated carbocycles. The third-order valence-electron chi connectivity index (χ3n) is 1.00. The second kappa shape index (κ2) is 1.97. The summed E-state index contributed by atoms with van der Waals surface area (Å²) in [5.41, 5.74) is 0. The predicted molar refractivity (Wildman–Crippen MR) is 31.7 cm³/mol. The highest BCUT2D eigenvalue weighted by atomic mass is 14.2. The van der Waals surface area contributed by atoms with E-state index in [1.807, 2.05) is 12.2 Å². The Morgan fingerprint density at radius 2 is 2.43 bits per heavy atom. The lowest BCUT2D eigenvalue weighted by atomic mass is 10.4. The quantitative estimate of drug-likeness (QED) is 0.458. The van der Waals surface area contributed by atoms with E-state index in [0.717, 1.165) is 5.92 Å². The first-order valence-electron chi connectivity index (χ1n) is 2.56. The van der Waals surface area contributed by atoms with Gasteiger partial charge in [-0.25, -0.2) is 0 Å². The van der Waals surface area contributed by atoms with Crippen LogP contribution < -0.4 is 0 Å². The van der Waals surface area contributed by atoms with Crippen molar-refractivity contribution in [1.29, 1.82) is 0 Å². The van der Waals surface area contributed by atoms with Gasteiger partial charge in [0.2, 0.25) is 0 Å². The Kier molecular flexibility index (Phi) is 1.30. The molecule has 1 aliphatic rings. The summed E-state index contributed by atoms with van der Waals surface area (Å²) < 4.78 is 0. The molecule has 0 aromatic carbocycles. The smallest absolute Gasteiger partial charge is 0.0196 e. The van der Waals surface area contributed by atoms with Crippen molar-refractivity contribution in [1.82, 2.24) is 0 Å². The fourth-order valence-electron chi connectivity index (χ4n) is 0.457. The van der Waals surface area contributed by atoms with Gasteiger partial charge in [0.15, 0.2) is 0 Å². The van der Waals surface area contributed by atoms with Crippen LogP contribution in [0, 0.1) is 12.3 Å². The SMILES string of the molecule is C=CC=CC1[CH]C1. The molecule has 0 saturated heterocycles. The highest BCUT2D eigenvalue weighted by Gasteiger charge is 2.16. The largest absolute Gasteiger partial charge is 0.0991 e. The first kappa shape index (κ1) is 4.63. The van der Waals surface area contributed by atoms with Crippen molar-refractivity contribution in [3.05, 3.63) is 31.2 Å². The maximum atomic E-state index is 3.56. The topological polar surface area (TPSA) is 0 Å². The third kappa shape index (κ3) is 1.58. The molecule has 1 aliphatic carbocycles. The minimum absolute atomic E-state index is 0.776. The van der Waals surface area contributed by atoms with Crippen molar-refractivity contribution in [2.75, 3.05) is 0 Å². The molecule has 0 N–H and O–H groups in total. The first-order valence-corrected chi connectivity index (χ1v) is 2.56. The third-order valence-corrected chi connectivity index (χ3v) is 1.00. The summed E-state index contributed by atoms with van der Waals surface area (Å²) in [5.74, 6) is 0.776. The molecule has 1 fully saturated rings. The van der Waals surface area contributed by atoms with E-state index in [0.29, 0.717) is 0 Å². The Morgan fingerprint density at radius 3 is 2.86 bits per heavy atom. The van der Waals surface area contributed by atoms with Crippen LogP contribution in [0.4, 0.5) is 0 Å². The average Bonchev–Trinajstić information content (AvgIpc) is 2.42. The minimum atomic E-state index is 0.776. The van der Waals surface area contributed by atoms with Gasteiger partial charge in [0.25, 0.3) is 0 Å². The summed E-state index contributed by atoms with van der Waals surface area (Å²) >= 11 is 0. The molecule has 1 radical (unpaired) electrons. The molecular formula is C7H9. The predicted octanol–water partition coefficient (Wildman–Crippen LogP) is 1.95. The van der Waals surface area contributed by atoms with Crippen LogP contribution in [-0.4, -0.2) is 0 Å². The van der Waals surface area contributed by atoms with E-state index < -0.39 is 0 Å². The molecule has 0 aliphatic heterocycles. The molecular weight excluding hydrogens is 84.1 g/mol. The van der Waals surface area contributed by atoms with Crippen LogP contribution in [-0.2, 0) is 0 Å². The van der Waals surface area contributed by atoms with E-state index in [1.54, 1.807) is 0 Å². The van der Waals surface area contributed by atoms with E-state index in [4.69, 9.17) is 0 Å². The second-order valence-electron chi connectivity index (χ2n) is 1.76. The van der Waals surface area contributed by atoms with Crippen LogP contribution in [0.3, 0.4) is 0 Å². The fourth-order valence-corrected chi connectivity index (χ4v) is 0.457. The number of allylic oxidation sites excluding steroid dienone is 3. The summed E-state index contributed by atoms with van der Waals surface area (Å²) in [4.78, 5) is 0. The van der Waals surface area contributed by atoms with Gasteiger partial charge in [0.1, 0.15) is 0 Å². The van der Waals surface area contributed by atoms with Crippen LogP contribution in [0.25, 0.3) is 0 Å². The van der Waals surface area contributed by atoms with Crippen molar-refractivity contribution in [2.45, 2.75) is 6.42 Å². The van der Waals surface area contributed by atoms with Gasteiger partial charge < -0.3 is 0 Å². The van der Waals surface area contributed by atoms with Gasteiger partial charge in [-0.2, -0.15) is 0 Å². The van der Waals surface area contributed by atoms with E-state index in [1.165, 1.54) is 6.42 Å². The molecule has 37 valence electrons. The van der Waals surface area contributed by atoms with Crippen molar-refractivity contribution in [3.63, 3.8) is 0 Å². The Morgan fingerprint density at radius 1 is 1.71 bits per heavy atom. The lowest BCUT2D eigenvalue weighted by Gasteiger charge is -1.71. The standard InChI is InChI=1S/C7H9/c1-2-3-4-7-5-6-7/h2-5,7H,1,6H2. The minimum Gasteiger partial charge on any atom is -0.0991 e. The van der Waals surface area contributed by atoms with Gasteiger partial charge in [0, 0.05) is 0 Å². The molecule has 0 aromatic heterocycles. The van der Waals surface area contributed by atoms with Crippen molar-refractivity contribution in [2.24, 2.45) is 5.92 Å². The van der Waals surface area contributed by atoms with Crippen LogP contribution in [0.2, 0.25) is 0 Å². The lowest BCUT2D eigenvalue weighted by molar-refractivity contribution is 1.16. The maximum Gasteiger partial charge on any atom is -0.0196 e. The summed E-state index contributed by atoms with van der Waals surface area (Å²) in [6, 6.07) is 0. The van der Waals surface area contributed by atoms with E-state index in [2.05, 4.69) is 19.1 Å². The summed E-state index contributed by atoms with van der Waals surface area (Å²) in [6.07, 6.45) is 9.50. The molecule has 0 heteroatoms. The van der Waals surface area contributed by atoms with Gasteiger partial charge in [-0.05, 0) is 18.8 Å². The highest BCUT2D eigenvalue weighted by molar-refractivity contribution is 5.12. The van der Waals surface area contributed by atoms with Crippen molar-refractivity contribution < 1.29 is 0 Å². The van der Waals surface area contributed by atoms with E-state index in [9.17, 15) is 0 Å². The Bertz CT molecular complexity index is 86.2. The zero-order valence-electron chi connectivity index (χ0n) is 4.30. The zero-order chi connectivity index (χ0) is 5.11. The van der Waals surface area contributed by atoms with Gasteiger partial charge in [-0.15, -0.1) is 0 Å². The first-order chi connectivity index (χ1) is 3.43. The summed E-state index contributed by atoms with van der Waals surface area (Å²) in [7, 11) is 0. The van der Waals surface area contributed by atoms with Crippen LogP contribution in [0.15, 0.2) is 24.8 Å². The molecule has 0 bridgehead atoms. The van der Waals surface area contributed by atoms with Gasteiger partial charge in [-0.3, -0.25) is 0 Å². The van der Waals surface area contributed by atoms with Crippen LogP contribution in [0.5, 0.6) is 0 Å². The molecule has 1 atom stereocenters.